The summed E-state index contributed by atoms with van der Waals surface area (Å²) >= 11 is 0. The monoisotopic (exact) mass is 291 g/mol. The average molecular weight is 291 g/mol. The molecule has 1 aromatic heterocycles. The van der Waals surface area contributed by atoms with Gasteiger partial charge in [0.25, 0.3) is 10.0 Å². The van der Waals surface area contributed by atoms with Crippen LogP contribution in [0.5, 0.6) is 0 Å². The Balaban J connectivity index is 2.46. The summed E-state index contributed by atoms with van der Waals surface area (Å²) in [5.74, 6) is 0. The van der Waals surface area contributed by atoms with Crippen LogP contribution in [0.25, 0.3) is 0 Å². The van der Waals surface area contributed by atoms with Crippen LogP contribution in [0.4, 0.5) is 11.4 Å². The minimum absolute atomic E-state index is 0.191. The molecule has 1 heterocycles. The fourth-order valence-corrected chi connectivity index (χ4v) is 3.35. The van der Waals surface area contributed by atoms with Gasteiger partial charge < -0.3 is 5.73 Å². The topological polar surface area (TPSA) is 85.1 Å². The molecule has 0 atom stereocenters. The number of hydrogen-bond acceptors (Lipinski definition) is 4. The van der Waals surface area contributed by atoms with Gasteiger partial charge in [-0.2, -0.15) is 0 Å². The van der Waals surface area contributed by atoms with Crippen molar-refractivity contribution in [3.63, 3.8) is 0 Å². The van der Waals surface area contributed by atoms with Crippen molar-refractivity contribution in [3.05, 3.63) is 47.3 Å². The normalized spacial score (nSPS) is 11.3. The van der Waals surface area contributed by atoms with E-state index in [0.717, 1.165) is 11.1 Å². The van der Waals surface area contributed by atoms with Gasteiger partial charge in [-0.1, -0.05) is 0 Å². The molecule has 0 saturated carbocycles. The van der Waals surface area contributed by atoms with Gasteiger partial charge in [-0.25, -0.2) is 8.42 Å². The van der Waals surface area contributed by atoms with Crippen LogP contribution in [0.3, 0.4) is 0 Å². The van der Waals surface area contributed by atoms with E-state index < -0.39 is 10.0 Å². The zero-order chi connectivity index (χ0) is 14.9. The number of aryl methyl sites for hydroxylation is 2. The summed E-state index contributed by atoms with van der Waals surface area (Å²) < 4.78 is 27.4. The fourth-order valence-electron chi connectivity index (χ4n) is 1.95. The van der Waals surface area contributed by atoms with Crippen molar-refractivity contribution in [3.8, 4) is 0 Å². The summed E-state index contributed by atoms with van der Waals surface area (Å²) in [7, 11) is -3.68. The second-order valence-electron chi connectivity index (χ2n) is 4.83. The first-order chi connectivity index (χ1) is 9.29. The molecule has 20 heavy (non-hydrogen) atoms. The summed E-state index contributed by atoms with van der Waals surface area (Å²) in [4.78, 5) is 4.16. The molecule has 6 heteroatoms. The molecule has 0 aliphatic rings. The number of pyridine rings is 1. The Morgan fingerprint density at radius 2 is 1.75 bits per heavy atom. The van der Waals surface area contributed by atoms with Crippen LogP contribution in [0.15, 0.2) is 35.5 Å². The molecule has 3 N–H and O–H groups in total. The Hall–Kier alpha value is -2.08. The first kappa shape index (κ1) is 14.3. The quantitative estimate of drug-likeness (QED) is 0.850. The van der Waals surface area contributed by atoms with Crippen molar-refractivity contribution in [2.75, 3.05) is 10.5 Å². The molecule has 5 nitrogen and oxygen atoms in total. The highest BCUT2D eigenvalue weighted by molar-refractivity contribution is 7.92. The smallest absolute Gasteiger partial charge is 0.262 e. The molecule has 106 valence electrons. The van der Waals surface area contributed by atoms with Crippen LogP contribution in [-0.4, -0.2) is 13.4 Å². The number of aromatic nitrogens is 1. The molecular formula is C14H17N3O2S. The van der Waals surface area contributed by atoms with E-state index in [1.165, 1.54) is 6.20 Å². The van der Waals surface area contributed by atoms with Gasteiger partial charge in [0.05, 0.1) is 16.8 Å². The van der Waals surface area contributed by atoms with E-state index in [2.05, 4.69) is 9.71 Å². The standard InChI is InChI=1S/C14H17N3O2S/c1-9-5-13(15)11(3)14(6-9)20(18,19)17-12-4-10(2)7-16-8-12/h4-8,17H,15H2,1-3H3. The lowest BCUT2D eigenvalue weighted by Gasteiger charge is -2.13. The lowest BCUT2D eigenvalue weighted by molar-refractivity contribution is 0.600. The fraction of sp³-hybridized carbons (Fsp3) is 0.214. The molecule has 0 unspecified atom stereocenters. The van der Waals surface area contributed by atoms with Gasteiger partial charge in [0, 0.05) is 11.9 Å². The molecule has 0 spiro atoms. The SMILES string of the molecule is Cc1cncc(NS(=O)(=O)c2cc(C)cc(N)c2C)c1. The molecule has 0 aliphatic carbocycles. The van der Waals surface area contributed by atoms with Crippen LogP contribution in [0.2, 0.25) is 0 Å². The van der Waals surface area contributed by atoms with Gasteiger partial charge in [-0.05, 0) is 55.7 Å². The molecule has 0 amide bonds. The van der Waals surface area contributed by atoms with Crippen LogP contribution >= 0.6 is 0 Å². The number of nitrogens with two attached hydrogens (primary N) is 1. The maximum absolute atomic E-state index is 12.4. The molecular weight excluding hydrogens is 274 g/mol. The van der Waals surface area contributed by atoms with Crippen molar-refractivity contribution in [1.82, 2.24) is 4.98 Å². The van der Waals surface area contributed by atoms with Gasteiger partial charge in [-0.15, -0.1) is 0 Å². The van der Waals surface area contributed by atoms with Crippen molar-refractivity contribution >= 4 is 21.4 Å². The second kappa shape index (κ2) is 5.13. The number of rotatable bonds is 3. The predicted molar refractivity (Wildman–Crippen MR) is 80.1 cm³/mol. The third-order valence-electron chi connectivity index (χ3n) is 2.96. The first-order valence-corrected chi connectivity index (χ1v) is 7.59. The molecule has 0 bridgehead atoms. The summed E-state index contributed by atoms with van der Waals surface area (Å²) in [6.07, 6.45) is 3.13. The Kier molecular flexibility index (Phi) is 3.67. The summed E-state index contributed by atoms with van der Waals surface area (Å²) in [6.45, 7) is 5.35. The van der Waals surface area contributed by atoms with Crippen LogP contribution in [-0.2, 0) is 10.0 Å². The average Bonchev–Trinajstić information content (AvgIpc) is 2.33. The second-order valence-corrected chi connectivity index (χ2v) is 6.48. The van der Waals surface area contributed by atoms with E-state index in [1.807, 2.05) is 13.8 Å². The number of nitrogens with zero attached hydrogens (tertiary/aromatic N) is 1. The van der Waals surface area contributed by atoms with E-state index in [9.17, 15) is 8.42 Å². The minimum Gasteiger partial charge on any atom is -0.398 e. The van der Waals surface area contributed by atoms with Crippen molar-refractivity contribution in [2.45, 2.75) is 25.7 Å². The first-order valence-electron chi connectivity index (χ1n) is 6.11. The van der Waals surface area contributed by atoms with E-state index in [4.69, 9.17) is 5.73 Å². The van der Waals surface area contributed by atoms with Gasteiger partial charge in [0.15, 0.2) is 0 Å². The third-order valence-corrected chi connectivity index (χ3v) is 4.47. The summed E-state index contributed by atoms with van der Waals surface area (Å²) in [6, 6.07) is 5.08. The Bertz CT molecular complexity index is 755. The largest absolute Gasteiger partial charge is 0.398 e. The number of nitrogen functional groups attached to an aromatic ring is 1. The number of benzene rings is 1. The van der Waals surface area contributed by atoms with Crippen molar-refractivity contribution in [1.29, 1.82) is 0 Å². The van der Waals surface area contributed by atoms with Crippen LogP contribution < -0.4 is 10.5 Å². The lowest BCUT2D eigenvalue weighted by Crippen LogP contribution is -2.15. The maximum atomic E-state index is 12.4. The molecule has 0 aliphatic heterocycles. The van der Waals surface area contributed by atoms with Gasteiger partial charge in [0.1, 0.15) is 0 Å². The van der Waals surface area contributed by atoms with Crippen molar-refractivity contribution < 1.29 is 8.42 Å². The molecule has 2 rings (SSSR count). The minimum atomic E-state index is -3.68. The Morgan fingerprint density at radius 3 is 2.40 bits per heavy atom. The highest BCUT2D eigenvalue weighted by atomic mass is 32.2. The summed E-state index contributed by atoms with van der Waals surface area (Å²) in [5.41, 5.74) is 8.96. The maximum Gasteiger partial charge on any atom is 0.262 e. The number of sulfonamides is 1. The number of anilines is 2. The molecule has 0 saturated heterocycles. The highest BCUT2D eigenvalue weighted by Gasteiger charge is 2.19. The molecule has 0 fully saturated rings. The van der Waals surface area contributed by atoms with Crippen LogP contribution in [0.1, 0.15) is 16.7 Å². The number of nitrogens with one attached hydrogen (secondary N) is 1. The number of hydrogen-bond donors (Lipinski definition) is 2. The van der Waals surface area contributed by atoms with Crippen LogP contribution in [0, 0.1) is 20.8 Å². The van der Waals surface area contributed by atoms with Crippen molar-refractivity contribution in [2.24, 2.45) is 0 Å². The zero-order valence-corrected chi connectivity index (χ0v) is 12.5. The van der Waals surface area contributed by atoms with Gasteiger partial charge in [0.2, 0.25) is 0 Å². The zero-order valence-electron chi connectivity index (χ0n) is 11.6. The predicted octanol–water partition coefficient (Wildman–Crippen LogP) is 2.39. The molecule has 2 aromatic rings. The Morgan fingerprint density at radius 1 is 1.05 bits per heavy atom. The third kappa shape index (κ3) is 2.91. The van der Waals surface area contributed by atoms with Gasteiger partial charge >= 0.3 is 0 Å². The highest BCUT2D eigenvalue weighted by Crippen LogP contribution is 2.25. The van der Waals surface area contributed by atoms with E-state index >= 15 is 0 Å². The van der Waals surface area contributed by atoms with E-state index in [1.54, 1.807) is 31.3 Å². The molecule has 1 aromatic carbocycles. The lowest BCUT2D eigenvalue weighted by atomic mass is 10.1. The van der Waals surface area contributed by atoms with E-state index in [-0.39, 0.29) is 4.90 Å². The molecule has 0 radical (unpaired) electrons. The Labute approximate surface area is 118 Å². The van der Waals surface area contributed by atoms with Gasteiger partial charge in [-0.3, -0.25) is 9.71 Å². The van der Waals surface area contributed by atoms with E-state index in [0.29, 0.717) is 16.9 Å². The summed E-state index contributed by atoms with van der Waals surface area (Å²) in [5, 5.41) is 0.